The summed E-state index contributed by atoms with van der Waals surface area (Å²) in [6.45, 7) is 6.63. The third-order valence-corrected chi connectivity index (χ3v) is 7.65. The molecule has 1 N–H and O–H groups in total. The van der Waals surface area contributed by atoms with Crippen LogP contribution < -0.4 is 10.9 Å². The summed E-state index contributed by atoms with van der Waals surface area (Å²) in [5.74, 6) is -0.211. The molecular weight excluding hydrogens is 448 g/mol. The summed E-state index contributed by atoms with van der Waals surface area (Å²) in [5.41, 5.74) is 3.45. The quantitative estimate of drug-likeness (QED) is 0.455. The highest BCUT2D eigenvalue weighted by Gasteiger charge is 2.31. The van der Waals surface area contributed by atoms with E-state index in [-0.39, 0.29) is 29.7 Å². The molecule has 0 aliphatic carbocycles. The fraction of sp³-hybridized carbons (Fsp3) is 0.385. The predicted octanol–water partition coefficient (Wildman–Crippen LogP) is 4.00. The number of nitrogens with one attached hydrogen (secondary N) is 1. The van der Waals surface area contributed by atoms with Gasteiger partial charge in [0, 0.05) is 23.4 Å². The number of fused-ring (bicyclic) bond motifs is 4. The van der Waals surface area contributed by atoms with Gasteiger partial charge in [0.25, 0.3) is 5.56 Å². The molecule has 1 aromatic carbocycles. The molecule has 2 unspecified atom stereocenters. The second-order valence-corrected chi connectivity index (χ2v) is 10.3. The molecule has 4 heterocycles. The normalized spacial score (nSPS) is 18.7. The van der Waals surface area contributed by atoms with E-state index in [1.165, 1.54) is 22.2 Å². The molecular formula is C26H28N4O3S. The van der Waals surface area contributed by atoms with Crippen LogP contribution in [0.2, 0.25) is 0 Å². The SMILES string of the molecule is CCC1(C)Cc2nc3sc4c(=O)n(CC(=O)NC(C)Cc5ccccc5)cnc4c3cc2CO1. The average molecular weight is 477 g/mol. The lowest BCUT2D eigenvalue weighted by atomic mass is 9.91. The molecule has 176 valence electrons. The van der Waals surface area contributed by atoms with E-state index >= 15 is 0 Å². The monoisotopic (exact) mass is 476 g/mol. The largest absolute Gasteiger partial charge is 0.370 e. The number of thiophene rings is 1. The van der Waals surface area contributed by atoms with Crippen LogP contribution in [0.1, 0.15) is 44.0 Å². The summed E-state index contributed by atoms with van der Waals surface area (Å²) < 4.78 is 7.97. The third-order valence-electron chi connectivity index (χ3n) is 6.58. The molecule has 5 rings (SSSR count). The Morgan fingerprint density at radius 3 is 2.88 bits per heavy atom. The van der Waals surface area contributed by atoms with Gasteiger partial charge in [-0.15, -0.1) is 11.3 Å². The van der Waals surface area contributed by atoms with Crippen molar-refractivity contribution in [3.63, 3.8) is 0 Å². The number of amides is 1. The summed E-state index contributed by atoms with van der Waals surface area (Å²) in [7, 11) is 0. The van der Waals surface area contributed by atoms with Crippen molar-refractivity contribution in [1.82, 2.24) is 19.9 Å². The van der Waals surface area contributed by atoms with Gasteiger partial charge in [-0.1, -0.05) is 37.3 Å². The highest BCUT2D eigenvalue weighted by molar-refractivity contribution is 7.25. The van der Waals surface area contributed by atoms with Crippen molar-refractivity contribution in [2.45, 2.75) is 64.8 Å². The summed E-state index contributed by atoms with van der Waals surface area (Å²) in [4.78, 5) is 36.0. The first-order valence-electron chi connectivity index (χ1n) is 11.6. The van der Waals surface area contributed by atoms with Gasteiger partial charge in [0.1, 0.15) is 16.1 Å². The number of ether oxygens (including phenoxy) is 1. The van der Waals surface area contributed by atoms with Crippen LogP contribution in [0.15, 0.2) is 47.5 Å². The number of pyridine rings is 1. The van der Waals surface area contributed by atoms with Crippen LogP contribution in [-0.2, 0) is 35.5 Å². The minimum Gasteiger partial charge on any atom is -0.370 e. The Balaban J connectivity index is 1.38. The van der Waals surface area contributed by atoms with E-state index in [1.807, 2.05) is 37.3 Å². The zero-order chi connectivity index (χ0) is 23.9. The van der Waals surface area contributed by atoms with Gasteiger partial charge in [-0.25, -0.2) is 9.97 Å². The number of benzene rings is 1. The fourth-order valence-corrected chi connectivity index (χ4v) is 5.52. The number of carbonyl (C=O) groups is 1. The van der Waals surface area contributed by atoms with Crippen molar-refractivity contribution in [2.24, 2.45) is 0 Å². The number of hydrogen-bond donors (Lipinski definition) is 1. The Morgan fingerprint density at radius 2 is 2.12 bits per heavy atom. The molecule has 8 heteroatoms. The zero-order valence-electron chi connectivity index (χ0n) is 19.6. The summed E-state index contributed by atoms with van der Waals surface area (Å²) in [6, 6.07) is 12.0. The second kappa shape index (κ2) is 8.92. The first kappa shape index (κ1) is 22.7. The number of carbonyl (C=O) groups excluding carboxylic acids is 1. The Labute approximate surface area is 201 Å². The zero-order valence-corrected chi connectivity index (χ0v) is 20.4. The van der Waals surface area contributed by atoms with Gasteiger partial charge in [-0.2, -0.15) is 0 Å². The molecule has 0 radical (unpaired) electrons. The Hall–Kier alpha value is -3.10. The van der Waals surface area contributed by atoms with Crippen molar-refractivity contribution in [3.05, 3.63) is 69.9 Å². The van der Waals surface area contributed by atoms with Crippen LogP contribution in [0.3, 0.4) is 0 Å². The van der Waals surface area contributed by atoms with E-state index in [1.54, 1.807) is 0 Å². The van der Waals surface area contributed by atoms with Crippen molar-refractivity contribution in [3.8, 4) is 0 Å². The maximum absolute atomic E-state index is 13.2. The van der Waals surface area contributed by atoms with Crippen LogP contribution in [0.4, 0.5) is 0 Å². The van der Waals surface area contributed by atoms with E-state index < -0.39 is 0 Å². The topological polar surface area (TPSA) is 86.1 Å². The van der Waals surface area contributed by atoms with Crippen molar-refractivity contribution in [1.29, 1.82) is 0 Å². The Bertz CT molecular complexity index is 1430. The molecule has 0 saturated carbocycles. The van der Waals surface area contributed by atoms with Gasteiger partial charge in [0.2, 0.25) is 5.91 Å². The molecule has 2 atom stereocenters. The van der Waals surface area contributed by atoms with Crippen molar-refractivity contribution in [2.75, 3.05) is 0 Å². The van der Waals surface area contributed by atoms with E-state index in [9.17, 15) is 9.59 Å². The van der Waals surface area contributed by atoms with Crippen LogP contribution in [0, 0.1) is 0 Å². The summed E-state index contributed by atoms with van der Waals surface area (Å²) >= 11 is 1.35. The number of nitrogens with zero attached hydrogens (tertiary/aromatic N) is 3. The maximum Gasteiger partial charge on any atom is 0.271 e. The lowest BCUT2D eigenvalue weighted by Gasteiger charge is -2.33. The van der Waals surface area contributed by atoms with Crippen LogP contribution >= 0.6 is 11.3 Å². The van der Waals surface area contributed by atoms with E-state index in [0.29, 0.717) is 16.8 Å². The lowest BCUT2D eigenvalue weighted by molar-refractivity contribution is -0.122. The van der Waals surface area contributed by atoms with E-state index in [4.69, 9.17) is 9.72 Å². The molecule has 1 amide bonds. The Kier molecular flexibility index (Phi) is 5.95. The van der Waals surface area contributed by atoms with Crippen LogP contribution in [0.5, 0.6) is 0 Å². The van der Waals surface area contributed by atoms with Gasteiger partial charge in [0.05, 0.1) is 29.7 Å². The number of rotatable bonds is 6. The minimum absolute atomic E-state index is 0.0434. The molecule has 3 aromatic heterocycles. The molecule has 1 aliphatic heterocycles. The molecule has 1 aliphatic rings. The highest BCUT2D eigenvalue weighted by Crippen LogP contribution is 2.35. The smallest absolute Gasteiger partial charge is 0.271 e. The first-order valence-corrected chi connectivity index (χ1v) is 12.4. The minimum atomic E-state index is -0.216. The summed E-state index contributed by atoms with van der Waals surface area (Å²) in [6.07, 6.45) is 3.85. The van der Waals surface area contributed by atoms with Crippen LogP contribution in [-0.4, -0.2) is 32.1 Å². The highest BCUT2D eigenvalue weighted by atomic mass is 32.1. The van der Waals surface area contributed by atoms with Crippen LogP contribution in [0.25, 0.3) is 20.4 Å². The molecule has 0 saturated heterocycles. The molecule has 34 heavy (non-hydrogen) atoms. The Morgan fingerprint density at radius 1 is 1.32 bits per heavy atom. The summed E-state index contributed by atoms with van der Waals surface area (Å²) in [5, 5.41) is 3.85. The van der Waals surface area contributed by atoms with Gasteiger partial charge >= 0.3 is 0 Å². The van der Waals surface area contributed by atoms with Crippen molar-refractivity contribution < 1.29 is 9.53 Å². The second-order valence-electron chi connectivity index (χ2n) is 9.33. The predicted molar refractivity (Wildman–Crippen MR) is 134 cm³/mol. The van der Waals surface area contributed by atoms with Gasteiger partial charge < -0.3 is 10.1 Å². The number of hydrogen-bond acceptors (Lipinski definition) is 6. The average Bonchev–Trinajstić information content (AvgIpc) is 3.18. The molecule has 0 spiro atoms. The molecule has 7 nitrogen and oxygen atoms in total. The maximum atomic E-state index is 13.2. The molecule has 0 bridgehead atoms. The number of aromatic nitrogens is 3. The van der Waals surface area contributed by atoms with E-state index in [0.717, 1.165) is 46.3 Å². The molecule has 0 fully saturated rings. The fourth-order valence-electron chi connectivity index (χ4n) is 4.44. The van der Waals surface area contributed by atoms with E-state index in [2.05, 4.69) is 30.2 Å². The van der Waals surface area contributed by atoms with Gasteiger partial charge in [-0.05, 0) is 38.3 Å². The lowest BCUT2D eigenvalue weighted by Crippen LogP contribution is -2.38. The van der Waals surface area contributed by atoms with Crippen molar-refractivity contribution >= 4 is 37.7 Å². The molecule has 4 aromatic rings. The third kappa shape index (κ3) is 4.35. The van der Waals surface area contributed by atoms with Gasteiger partial charge in [-0.3, -0.25) is 14.2 Å². The standard InChI is InChI=1S/C26H28N4O3S/c1-4-26(3)12-20-18(14-33-26)11-19-22-23(34-24(19)29-20)25(32)30(15-27-22)13-21(31)28-16(2)10-17-8-6-5-7-9-17/h5-9,11,15-16H,4,10,12-14H2,1-3H3,(H,28,31). The first-order chi connectivity index (χ1) is 16.3. The van der Waals surface area contributed by atoms with Gasteiger partial charge in [0.15, 0.2) is 0 Å².